The normalized spacial score (nSPS) is 12.8. The lowest BCUT2D eigenvalue weighted by Crippen LogP contribution is -2.02. The van der Waals surface area contributed by atoms with Gasteiger partial charge in [-0.15, -0.1) is 11.6 Å². The fourth-order valence-electron chi connectivity index (χ4n) is 2.23. The highest BCUT2D eigenvalue weighted by Crippen LogP contribution is 2.30. The van der Waals surface area contributed by atoms with Gasteiger partial charge >= 0.3 is 0 Å². The van der Waals surface area contributed by atoms with Gasteiger partial charge < -0.3 is 0 Å². The maximum atomic E-state index is 13.5. The van der Waals surface area contributed by atoms with E-state index in [2.05, 4.69) is 43.5 Å². The molecular weight excluding hydrogens is 469 g/mol. The van der Waals surface area contributed by atoms with Crippen LogP contribution in [0.25, 0.3) is 16.7 Å². The molecule has 1 heterocycles. The highest BCUT2D eigenvalue weighted by Gasteiger charge is 2.17. The lowest BCUT2D eigenvalue weighted by molar-refractivity contribution is 0.620. The summed E-state index contributed by atoms with van der Waals surface area (Å²) < 4.78 is 17.0. The lowest BCUT2D eigenvalue weighted by Gasteiger charge is -2.11. The van der Waals surface area contributed by atoms with Crippen LogP contribution in [0.4, 0.5) is 4.39 Å². The molecule has 0 aliphatic heterocycles. The summed E-state index contributed by atoms with van der Waals surface area (Å²) in [5, 5.41) is -0.251. The summed E-state index contributed by atoms with van der Waals surface area (Å²) >= 11 is 11.7. The van der Waals surface area contributed by atoms with Crippen molar-refractivity contribution in [3.63, 3.8) is 0 Å². The van der Waals surface area contributed by atoms with Crippen molar-refractivity contribution in [2.45, 2.75) is 12.3 Å². The largest absolute Gasteiger partial charge is 0.295 e. The first kappa shape index (κ1) is 15.2. The van der Waals surface area contributed by atoms with Gasteiger partial charge in [0.15, 0.2) is 0 Å². The van der Waals surface area contributed by atoms with Crippen molar-refractivity contribution >= 4 is 61.2 Å². The third-order valence-corrected chi connectivity index (χ3v) is 4.63. The molecule has 0 radical (unpaired) electrons. The molecular formula is C15H10BrClFIN2. The third kappa shape index (κ3) is 2.83. The van der Waals surface area contributed by atoms with Crippen molar-refractivity contribution < 1.29 is 4.39 Å². The number of aromatic nitrogens is 2. The second-order valence-corrected chi connectivity index (χ2v) is 7.41. The molecule has 21 heavy (non-hydrogen) atoms. The van der Waals surface area contributed by atoms with Crippen LogP contribution in [0.1, 0.15) is 18.1 Å². The molecule has 0 fully saturated rings. The number of hydrogen-bond acceptors (Lipinski definition) is 1. The van der Waals surface area contributed by atoms with Gasteiger partial charge in [0.2, 0.25) is 0 Å². The topological polar surface area (TPSA) is 17.8 Å². The predicted molar refractivity (Wildman–Crippen MR) is 95.7 cm³/mol. The third-order valence-electron chi connectivity index (χ3n) is 3.16. The highest BCUT2D eigenvalue weighted by molar-refractivity contribution is 14.1. The number of alkyl halides is 1. The van der Waals surface area contributed by atoms with Crippen molar-refractivity contribution in [2.24, 2.45) is 0 Å². The van der Waals surface area contributed by atoms with E-state index in [9.17, 15) is 4.39 Å². The minimum absolute atomic E-state index is 0.251. The van der Waals surface area contributed by atoms with Gasteiger partial charge in [0, 0.05) is 9.26 Å². The maximum Gasteiger partial charge on any atom is 0.137 e. The second-order valence-electron chi connectivity index (χ2n) is 4.65. The van der Waals surface area contributed by atoms with Gasteiger partial charge in [0.05, 0.1) is 20.9 Å². The van der Waals surface area contributed by atoms with Gasteiger partial charge in [0.1, 0.15) is 11.6 Å². The molecule has 3 aromatic rings. The van der Waals surface area contributed by atoms with Crippen LogP contribution < -0.4 is 0 Å². The number of imidazole rings is 1. The molecule has 1 aromatic heterocycles. The first-order valence-corrected chi connectivity index (χ1v) is 8.55. The van der Waals surface area contributed by atoms with E-state index in [-0.39, 0.29) is 11.2 Å². The number of halogens is 4. The summed E-state index contributed by atoms with van der Waals surface area (Å²) in [6.07, 6.45) is 0. The van der Waals surface area contributed by atoms with E-state index in [1.54, 1.807) is 12.1 Å². The average molecular weight is 480 g/mol. The molecule has 0 aliphatic rings. The Hall–Kier alpha value is -0.660. The van der Waals surface area contributed by atoms with Crippen LogP contribution in [0.3, 0.4) is 0 Å². The van der Waals surface area contributed by atoms with Crippen LogP contribution in [0.15, 0.2) is 40.9 Å². The van der Waals surface area contributed by atoms with Crippen molar-refractivity contribution in [3.05, 3.63) is 56.1 Å². The van der Waals surface area contributed by atoms with Gasteiger partial charge in [-0.1, -0.05) is 0 Å². The van der Waals surface area contributed by atoms with Gasteiger partial charge in [-0.05, 0) is 81.8 Å². The first-order chi connectivity index (χ1) is 9.97. The molecule has 6 heteroatoms. The van der Waals surface area contributed by atoms with Crippen LogP contribution in [0, 0.1) is 9.39 Å². The Morgan fingerprint density at radius 2 is 2.05 bits per heavy atom. The number of rotatable bonds is 2. The van der Waals surface area contributed by atoms with Gasteiger partial charge in [0.25, 0.3) is 0 Å². The molecule has 1 atom stereocenters. The SMILES string of the molecule is CC(Cl)c1nc2cc(I)ccc2n1-c1ccc(F)c(Br)c1. The monoisotopic (exact) mass is 478 g/mol. The zero-order chi connectivity index (χ0) is 15.1. The van der Waals surface area contributed by atoms with Crippen molar-refractivity contribution in [3.8, 4) is 5.69 Å². The standard InChI is InChI=1S/C15H10BrClFIN2/c1-8(17)15-20-13-6-9(19)2-5-14(13)21(15)10-3-4-12(18)11(16)7-10/h2-8H,1H3. The second kappa shape index (κ2) is 5.85. The minimum atomic E-state index is -0.293. The van der Waals surface area contributed by atoms with Crippen LogP contribution in [-0.2, 0) is 0 Å². The molecule has 1 unspecified atom stereocenters. The number of hydrogen-bond donors (Lipinski definition) is 0. The molecule has 2 nitrogen and oxygen atoms in total. The Morgan fingerprint density at radius 3 is 2.71 bits per heavy atom. The van der Waals surface area contributed by atoms with Crippen LogP contribution in [0.5, 0.6) is 0 Å². The molecule has 0 bridgehead atoms. The fourth-order valence-corrected chi connectivity index (χ4v) is 3.22. The summed E-state index contributed by atoms with van der Waals surface area (Å²) in [6, 6.07) is 10.9. The van der Waals surface area contributed by atoms with Crippen molar-refractivity contribution in [1.29, 1.82) is 0 Å². The van der Waals surface area contributed by atoms with Crippen molar-refractivity contribution in [2.75, 3.05) is 0 Å². The van der Waals surface area contributed by atoms with E-state index in [1.165, 1.54) is 6.07 Å². The van der Waals surface area contributed by atoms with E-state index in [0.717, 1.165) is 26.1 Å². The Labute approximate surface area is 148 Å². The number of benzene rings is 2. The Bertz CT molecular complexity index is 832. The molecule has 0 N–H and O–H groups in total. The number of nitrogens with zero attached hydrogens (tertiary/aromatic N) is 2. The van der Waals surface area contributed by atoms with Gasteiger partial charge in [-0.2, -0.15) is 0 Å². The zero-order valence-corrected chi connectivity index (χ0v) is 15.4. The lowest BCUT2D eigenvalue weighted by atomic mass is 10.2. The quantitative estimate of drug-likeness (QED) is 0.334. The van der Waals surface area contributed by atoms with E-state index in [1.807, 2.05) is 29.7 Å². The van der Waals surface area contributed by atoms with E-state index in [4.69, 9.17) is 11.6 Å². The highest BCUT2D eigenvalue weighted by atomic mass is 127. The summed E-state index contributed by atoms with van der Waals surface area (Å²) in [5.41, 5.74) is 2.66. The molecule has 108 valence electrons. The van der Waals surface area contributed by atoms with E-state index in [0.29, 0.717) is 4.47 Å². The molecule has 0 amide bonds. The molecule has 0 saturated carbocycles. The molecule has 0 spiro atoms. The first-order valence-electron chi connectivity index (χ1n) is 6.25. The maximum absolute atomic E-state index is 13.5. The average Bonchev–Trinajstić information content (AvgIpc) is 2.80. The molecule has 3 rings (SSSR count). The van der Waals surface area contributed by atoms with Crippen molar-refractivity contribution in [1.82, 2.24) is 9.55 Å². The van der Waals surface area contributed by atoms with Gasteiger partial charge in [-0.25, -0.2) is 9.37 Å². The van der Waals surface area contributed by atoms with E-state index < -0.39 is 0 Å². The fraction of sp³-hybridized carbons (Fsp3) is 0.133. The molecule has 2 aromatic carbocycles. The summed E-state index contributed by atoms with van der Waals surface area (Å²) in [6.45, 7) is 1.88. The van der Waals surface area contributed by atoms with Crippen LogP contribution in [0.2, 0.25) is 0 Å². The minimum Gasteiger partial charge on any atom is -0.295 e. The Kier molecular flexibility index (Phi) is 4.25. The zero-order valence-electron chi connectivity index (χ0n) is 10.9. The smallest absolute Gasteiger partial charge is 0.137 e. The van der Waals surface area contributed by atoms with E-state index >= 15 is 0 Å². The summed E-state index contributed by atoms with van der Waals surface area (Å²) in [5.74, 6) is 0.449. The molecule has 0 aliphatic carbocycles. The Morgan fingerprint density at radius 1 is 1.29 bits per heavy atom. The summed E-state index contributed by atoms with van der Waals surface area (Å²) in [4.78, 5) is 4.62. The molecule has 0 saturated heterocycles. The Balaban J connectivity index is 2.33. The number of fused-ring (bicyclic) bond motifs is 1. The van der Waals surface area contributed by atoms with Crippen LogP contribution >= 0.6 is 50.1 Å². The van der Waals surface area contributed by atoms with Gasteiger partial charge in [-0.3, -0.25) is 4.57 Å². The summed E-state index contributed by atoms with van der Waals surface area (Å²) in [7, 11) is 0. The predicted octanol–water partition coefficient (Wildman–Crippen LogP) is 5.83. The van der Waals surface area contributed by atoms with Crippen LogP contribution in [-0.4, -0.2) is 9.55 Å².